The van der Waals surface area contributed by atoms with E-state index in [0.717, 1.165) is 21.1 Å². The standard InChI is InChI=1S/C15H14N2O2S3/c1-10-7-8-15(21-10)22(18,19)17-13-6-4-3-5-12(13)14-9-20-11(2)16-14/h3-9,17H,1-2H3. The van der Waals surface area contributed by atoms with Gasteiger partial charge in [-0.05, 0) is 32.0 Å². The Morgan fingerprint density at radius 1 is 1.09 bits per heavy atom. The van der Waals surface area contributed by atoms with Crippen LogP contribution in [0, 0.1) is 13.8 Å². The van der Waals surface area contributed by atoms with Crippen molar-refractivity contribution < 1.29 is 8.42 Å². The van der Waals surface area contributed by atoms with Gasteiger partial charge in [0.25, 0.3) is 10.0 Å². The first kappa shape index (κ1) is 15.2. The second kappa shape index (κ2) is 5.83. The highest BCUT2D eigenvalue weighted by molar-refractivity contribution is 7.94. The number of aromatic nitrogens is 1. The van der Waals surface area contributed by atoms with Gasteiger partial charge in [-0.2, -0.15) is 0 Å². The lowest BCUT2D eigenvalue weighted by Gasteiger charge is -2.10. The number of sulfonamides is 1. The fourth-order valence-corrected chi connectivity index (χ4v) is 5.01. The predicted molar refractivity (Wildman–Crippen MR) is 92.2 cm³/mol. The average Bonchev–Trinajstić information content (AvgIpc) is 3.08. The van der Waals surface area contributed by atoms with Crippen LogP contribution in [-0.4, -0.2) is 13.4 Å². The molecule has 0 saturated carbocycles. The van der Waals surface area contributed by atoms with Crippen molar-refractivity contribution in [3.63, 3.8) is 0 Å². The quantitative estimate of drug-likeness (QED) is 0.763. The molecule has 22 heavy (non-hydrogen) atoms. The molecule has 3 rings (SSSR count). The van der Waals surface area contributed by atoms with Crippen LogP contribution in [0.15, 0.2) is 46.0 Å². The second-order valence-corrected chi connectivity index (χ2v) is 9.03. The van der Waals surface area contributed by atoms with Crippen LogP contribution >= 0.6 is 22.7 Å². The van der Waals surface area contributed by atoms with Gasteiger partial charge in [-0.3, -0.25) is 4.72 Å². The van der Waals surface area contributed by atoms with Gasteiger partial charge in [0.15, 0.2) is 0 Å². The molecule has 0 amide bonds. The first-order chi connectivity index (χ1) is 10.5. The maximum Gasteiger partial charge on any atom is 0.271 e. The van der Waals surface area contributed by atoms with E-state index in [4.69, 9.17) is 0 Å². The zero-order valence-electron chi connectivity index (χ0n) is 12.0. The summed E-state index contributed by atoms with van der Waals surface area (Å²) in [5.74, 6) is 0. The Kier molecular flexibility index (Phi) is 4.03. The number of aryl methyl sites for hydroxylation is 2. The second-order valence-electron chi connectivity index (χ2n) is 4.77. The Labute approximate surface area is 137 Å². The molecule has 1 aromatic carbocycles. The van der Waals surface area contributed by atoms with E-state index in [1.54, 1.807) is 24.3 Å². The van der Waals surface area contributed by atoms with Gasteiger partial charge < -0.3 is 0 Å². The monoisotopic (exact) mass is 350 g/mol. The summed E-state index contributed by atoms with van der Waals surface area (Å²) < 4.78 is 28.0. The Hall–Kier alpha value is -1.70. The Morgan fingerprint density at radius 3 is 2.50 bits per heavy atom. The predicted octanol–water partition coefficient (Wildman–Crippen LogP) is 4.29. The average molecular weight is 350 g/mol. The van der Waals surface area contributed by atoms with Crippen LogP contribution in [0.25, 0.3) is 11.3 Å². The van der Waals surface area contributed by atoms with Crippen LogP contribution in [0.3, 0.4) is 0 Å². The summed E-state index contributed by atoms with van der Waals surface area (Å²) in [5, 5.41) is 2.87. The smallest absolute Gasteiger partial charge is 0.271 e. The molecule has 114 valence electrons. The van der Waals surface area contributed by atoms with Gasteiger partial charge in [-0.25, -0.2) is 13.4 Å². The fraction of sp³-hybridized carbons (Fsp3) is 0.133. The lowest BCUT2D eigenvalue weighted by molar-refractivity contribution is 0.603. The van der Waals surface area contributed by atoms with Crippen LogP contribution in [0.2, 0.25) is 0 Å². The van der Waals surface area contributed by atoms with E-state index >= 15 is 0 Å². The first-order valence-electron chi connectivity index (χ1n) is 6.56. The summed E-state index contributed by atoms with van der Waals surface area (Å²) in [6.45, 7) is 3.81. The number of hydrogen-bond acceptors (Lipinski definition) is 5. The van der Waals surface area contributed by atoms with Gasteiger partial charge >= 0.3 is 0 Å². The third-order valence-corrected chi connectivity index (χ3v) is 6.68. The van der Waals surface area contributed by atoms with Gasteiger partial charge in [-0.15, -0.1) is 22.7 Å². The number of thiophene rings is 1. The number of nitrogens with zero attached hydrogens (tertiary/aromatic N) is 1. The summed E-state index contributed by atoms with van der Waals surface area (Å²) in [6, 6.07) is 10.7. The Bertz CT molecular complexity index is 910. The Morgan fingerprint density at radius 2 is 1.86 bits per heavy atom. The van der Waals surface area contributed by atoms with E-state index in [9.17, 15) is 8.42 Å². The molecule has 0 aliphatic carbocycles. The number of para-hydroxylation sites is 1. The van der Waals surface area contributed by atoms with Gasteiger partial charge in [0.1, 0.15) is 4.21 Å². The molecule has 0 aliphatic rings. The van der Waals surface area contributed by atoms with Crippen molar-refractivity contribution in [1.82, 2.24) is 4.98 Å². The van der Waals surface area contributed by atoms with Gasteiger partial charge in [0.2, 0.25) is 0 Å². The highest BCUT2D eigenvalue weighted by Crippen LogP contribution is 2.31. The first-order valence-corrected chi connectivity index (χ1v) is 9.74. The zero-order chi connectivity index (χ0) is 15.7. The zero-order valence-corrected chi connectivity index (χ0v) is 14.5. The molecule has 0 bridgehead atoms. The number of rotatable bonds is 4. The SMILES string of the molecule is Cc1ccc(S(=O)(=O)Nc2ccccc2-c2csc(C)n2)s1. The normalized spacial score (nSPS) is 11.5. The van der Waals surface area contributed by atoms with E-state index in [2.05, 4.69) is 9.71 Å². The van der Waals surface area contributed by atoms with E-state index in [1.807, 2.05) is 31.4 Å². The van der Waals surface area contributed by atoms with Crippen LogP contribution < -0.4 is 4.72 Å². The molecular formula is C15H14N2O2S3. The molecule has 0 saturated heterocycles. The maximum atomic E-state index is 12.5. The van der Waals surface area contributed by atoms with Gasteiger partial charge in [0.05, 0.1) is 16.4 Å². The number of benzene rings is 1. The molecule has 0 radical (unpaired) electrons. The summed E-state index contributed by atoms with van der Waals surface area (Å²) in [6.07, 6.45) is 0. The highest BCUT2D eigenvalue weighted by atomic mass is 32.2. The molecule has 7 heteroatoms. The summed E-state index contributed by atoms with van der Waals surface area (Å²) in [5.41, 5.74) is 2.10. The minimum absolute atomic E-state index is 0.314. The molecule has 1 N–H and O–H groups in total. The summed E-state index contributed by atoms with van der Waals surface area (Å²) >= 11 is 2.80. The number of anilines is 1. The summed E-state index contributed by atoms with van der Waals surface area (Å²) in [7, 11) is -3.57. The van der Waals surface area contributed by atoms with E-state index < -0.39 is 10.0 Å². The molecule has 0 spiro atoms. The van der Waals surface area contributed by atoms with E-state index in [1.165, 1.54) is 22.7 Å². The molecular weight excluding hydrogens is 336 g/mol. The third kappa shape index (κ3) is 3.06. The van der Waals surface area contributed by atoms with Crippen molar-refractivity contribution in [2.45, 2.75) is 18.1 Å². The number of hydrogen-bond donors (Lipinski definition) is 1. The van der Waals surface area contributed by atoms with Crippen molar-refractivity contribution in [1.29, 1.82) is 0 Å². The van der Waals surface area contributed by atoms with Gasteiger partial charge in [-0.1, -0.05) is 18.2 Å². The highest BCUT2D eigenvalue weighted by Gasteiger charge is 2.18. The van der Waals surface area contributed by atoms with Crippen molar-refractivity contribution in [2.75, 3.05) is 4.72 Å². The lowest BCUT2D eigenvalue weighted by Crippen LogP contribution is -2.12. The molecule has 3 aromatic rings. The van der Waals surface area contributed by atoms with Crippen LogP contribution in [0.4, 0.5) is 5.69 Å². The Balaban J connectivity index is 2.00. The van der Waals surface area contributed by atoms with Crippen molar-refractivity contribution in [2.24, 2.45) is 0 Å². The van der Waals surface area contributed by atoms with Crippen molar-refractivity contribution >= 4 is 38.4 Å². The maximum absolute atomic E-state index is 12.5. The van der Waals surface area contributed by atoms with Gasteiger partial charge in [0, 0.05) is 15.8 Å². The summed E-state index contributed by atoms with van der Waals surface area (Å²) in [4.78, 5) is 5.40. The minimum Gasteiger partial charge on any atom is -0.278 e. The van der Waals surface area contributed by atoms with Crippen LogP contribution in [0.5, 0.6) is 0 Å². The molecule has 4 nitrogen and oxygen atoms in total. The molecule has 0 atom stereocenters. The van der Waals surface area contributed by atoms with Crippen LogP contribution in [0.1, 0.15) is 9.88 Å². The third-order valence-electron chi connectivity index (χ3n) is 3.05. The molecule has 0 unspecified atom stereocenters. The number of thiazole rings is 1. The molecule has 0 fully saturated rings. The van der Waals surface area contributed by atoms with E-state index in [0.29, 0.717) is 9.90 Å². The molecule has 0 aliphatic heterocycles. The minimum atomic E-state index is -3.57. The molecule has 2 heterocycles. The fourth-order valence-electron chi connectivity index (χ4n) is 2.03. The van der Waals surface area contributed by atoms with Crippen molar-refractivity contribution in [3.8, 4) is 11.3 Å². The topological polar surface area (TPSA) is 59.1 Å². The lowest BCUT2D eigenvalue weighted by atomic mass is 10.1. The largest absolute Gasteiger partial charge is 0.278 e. The van der Waals surface area contributed by atoms with E-state index in [-0.39, 0.29) is 0 Å². The molecule has 2 aromatic heterocycles. The van der Waals surface area contributed by atoms with Crippen molar-refractivity contribution in [3.05, 3.63) is 51.7 Å². The number of nitrogens with one attached hydrogen (secondary N) is 1. The van der Waals surface area contributed by atoms with Crippen LogP contribution in [-0.2, 0) is 10.0 Å².